The molecule has 0 unspecified atom stereocenters. The summed E-state index contributed by atoms with van der Waals surface area (Å²) in [6.45, 7) is 4.16. The number of likely N-dealkylation sites (tertiary alicyclic amines) is 1. The Morgan fingerprint density at radius 1 is 1.20 bits per heavy atom. The van der Waals surface area contributed by atoms with E-state index in [1.54, 1.807) is 18.2 Å². The molecule has 1 fully saturated rings. The molecular formula is C22H22Cl2N4O2. The Morgan fingerprint density at radius 2 is 1.97 bits per heavy atom. The summed E-state index contributed by atoms with van der Waals surface area (Å²) in [5, 5.41) is 8.03. The van der Waals surface area contributed by atoms with E-state index in [1.165, 1.54) is 0 Å². The molecular weight excluding hydrogens is 423 g/mol. The molecule has 0 atom stereocenters. The molecule has 8 heteroatoms. The number of amides is 1. The molecule has 2 heterocycles. The lowest BCUT2D eigenvalue weighted by Crippen LogP contribution is -2.37. The molecule has 0 radical (unpaired) electrons. The van der Waals surface area contributed by atoms with Gasteiger partial charge in [0.1, 0.15) is 0 Å². The normalized spacial score (nSPS) is 15.3. The number of nitrogens with zero attached hydrogens (tertiary/aromatic N) is 3. The van der Waals surface area contributed by atoms with Gasteiger partial charge < -0.3 is 9.84 Å². The van der Waals surface area contributed by atoms with Crippen molar-refractivity contribution in [2.45, 2.75) is 26.3 Å². The van der Waals surface area contributed by atoms with Crippen LogP contribution in [-0.4, -0.2) is 34.0 Å². The van der Waals surface area contributed by atoms with E-state index in [4.69, 9.17) is 27.7 Å². The van der Waals surface area contributed by atoms with E-state index < -0.39 is 0 Å². The molecule has 0 spiro atoms. The number of aromatic nitrogens is 2. The third kappa shape index (κ3) is 4.83. The maximum atomic E-state index is 12.6. The summed E-state index contributed by atoms with van der Waals surface area (Å²) in [6.07, 6.45) is 1.51. The average Bonchev–Trinajstić information content (AvgIpc) is 3.20. The van der Waals surface area contributed by atoms with Gasteiger partial charge in [0.15, 0.2) is 0 Å². The number of benzene rings is 2. The Morgan fingerprint density at radius 3 is 2.73 bits per heavy atom. The number of nitrogens with one attached hydrogen (secondary N) is 1. The van der Waals surface area contributed by atoms with Gasteiger partial charge in [0.2, 0.25) is 17.6 Å². The van der Waals surface area contributed by atoms with E-state index in [-0.39, 0.29) is 11.8 Å². The van der Waals surface area contributed by atoms with Gasteiger partial charge >= 0.3 is 0 Å². The number of piperidine rings is 1. The van der Waals surface area contributed by atoms with E-state index in [1.807, 2.05) is 31.2 Å². The molecule has 6 nitrogen and oxygen atoms in total. The smallest absolute Gasteiger partial charge is 0.241 e. The molecule has 1 aliphatic heterocycles. The predicted molar refractivity (Wildman–Crippen MR) is 118 cm³/mol. The maximum Gasteiger partial charge on any atom is 0.241 e. The van der Waals surface area contributed by atoms with Crippen molar-refractivity contribution >= 4 is 34.8 Å². The second kappa shape index (κ2) is 9.16. The van der Waals surface area contributed by atoms with E-state index in [9.17, 15) is 4.79 Å². The number of rotatable bonds is 5. The second-order valence-corrected chi connectivity index (χ2v) is 8.33. The van der Waals surface area contributed by atoms with Crippen LogP contribution in [0.25, 0.3) is 11.4 Å². The number of anilines is 1. The van der Waals surface area contributed by atoms with Gasteiger partial charge in [-0.15, -0.1) is 0 Å². The van der Waals surface area contributed by atoms with Crippen molar-refractivity contribution in [3.8, 4) is 11.4 Å². The lowest BCUT2D eigenvalue weighted by Gasteiger charge is -2.30. The third-order valence-electron chi connectivity index (χ3n) is 5.36. The third-order valence-corrected chi connectivity index (χ3v) is 5.92. The molecule has 4 rings (SSSR count). The molecule has 0 aliphatic carbocycles. The molecule has 2 aromatic carbocycles. The maximum absolute atomic E-state index is 12.6. The number of halogens is 2. The van der Waals surface area contributed by atoms with Crippen LogP contribution in [-0.2, 0) is 11.3 Å². The summed E-state index contributed by atoms with van der Waals surface area (Å²) in [6, 6.07) is 13.0. The highest BCUT2D eigenvalue weighted by atomic mass is 35.5. The quantitative estimate of drug-likeness (QED) is 0.585. The van der Waals surface area contributed by atoms with Crippen LogP contribution in [0.1, 0.15) is 24.3 Å². The molecule has 30 heavy (non-hydrogen) atoms. The van der Waals surface area contributed by atoms with Gasteiger partial charge in [-0.3, -0.25) is 9.69 Å². The van der Waals surface area contributed by atoms with Crippen LogP contribution in [0, 0.1) is 12.8 Å². The van der Waals surface area contributed by atoms with Crippen LogP contribution in [0.15, 0.2) is 47.0 Å². The molecule has 1 amide bonds. The Bertz CT molecular complexity index is 1050. The highest BCUT2D eigenvalue weighted by Crippen LogP contribution is 2.28. The monoisotopic (exact) mass is 444 g/mol. The Hall–Kier alpha value is -2.41. The van der Waals surface area contributed by atoms with Crippen LogP contribution in [0.4, 0.5) is 5.69 Å². The summed E-state index contributed by atoms with van der Waals surface area (Å²) in [4.78, 5) is 19.4. The predicted octanol–water partition coefficient (Wildman–Crippen LogP) is 5.20. The molecule has 3 aromatic rings. The molecule has 1 N–H and O–H groups in total. The van der Waals surface area contributed by atoms with E-state index >= 15 is 0 Å². The lowest BCUT2D eigenvalue weighted by atomic mass is 9.96. The van der Waals surface area contributed by atoms with Gasteiger partial charge in [0, 0.05) is 16.5 Å². The van der Waals surface area contributed by atoms with Crippen molar-refractivity contribution in [3.63, 3.8) is 0 Å². The minimum atomic E-state index is -0.0680. The Kier molecular flexibility index (Phi) is 6.37. The fourth-order valence-electron chi connectivity index (χ4n) is 3.62. The second-order valence-electron chi connectivity index (χ2n) is 7.49. The highest BCUT2D eigenvalue weighted by molar-refractivity contribution is 6.35. The topological polar surface area (TPSA) is 71.3 Å². The largest absolute Gasteiger partial charge is 0.338 e. The van der Waals surface area contributed by atoms with Crippen LogP contribution >= 0.6 is 23.2 Å². The van der Waals surface area contributed by atoms with Crippen LogP contribution < -0.4 is 5.32 Å². The molecule has 156 valence electrons. The molecule has 0 saturated carbocycles. The zero-order chi connectivity index (χ0) is 21.1. The first-order chi connectivity index (χ1) is 14.5. The van der Waals surface area contributed by atoms with Crippen LogP contribution in [0.3, 0.4) is 0 Å². The summed E-state index contributed by atoms with van der Waals surface area (Å²) in [5.74, 6) is 1.09. The first-order valence-corrected chi connectivity index (χ1v) is 10.6. The summed E-state index contributed by atoms with van der Waals surface area (Å²) in [7, 11) is 0. The number of carbonyl (C=O) groups excluding carboxylic acids is 1. The standard InChI is InChI=1S/C22H22Cl2N4O2/c1-14-4-2-3-5-17(14)21-26-20(30-27-21)13-28-10-8-15(9-11-28)22(29)25-19-12-16(23)6-7-18(19)24/h2-7,12,15H,8-11,13H2,1H3,(H,25,29). The number of hydrogen-bond donors (Lipinski definition) is 1. The lowest BCUT2D eigenvalue weighted by molar-refractivity contribution is -0.121. The minimum Gasteiger partial charge on any atom is -0.338 e. The van der Waals surface area contributed by atoms with Gasteiger partial charge in [-0.2, -0.15) is 4.98 Å². The number of aryl methyl sites for hydroxylation is 1. The first kappa shape index (κ1) is 20.8. The molecule has 1 aliphatic rings. The number of hydrogen-bond acceptors (Lipinski definition) is 5. The SMILES string of the molecule is Cc1ccccc1-c1noc(CN2CCC(C(=O)Nc3cc(Cl)ccc3Cl)CC2)n1. The zero-order valence-corrected chi connectivity index (χ0v) is 18.1. The van der Waals surface area contributed by atoms with Gasteiger partial charge in [-0.25, -0.2) is 0 Å². The Balaban J connectivity index is 1.31. The van der Waals surface area contributed by atoms with Crippen molar-refractivity contribution in [1.29, 1.82) is 0 Å². The summed E-state index contributed by atoms with van der Waals surface area (Å²) in [5.41, 5.74) is 2.63. The highest BCUT2D eigenvalue weighted by Gasteiger charge is 2.26. The van der Waals surface area contributed by atoms with Crippen molar-refractivity contribution < 1.29 is 9.32 Å². The van der Waals surface area contributed by atoms with Gasteiger partial charge in [0.05, 0.1) is 17.3 Å². The van der Waals surface area contributed by atoms with Crippen molar-refractivity contribution in [1.82, 2.24) is 15.0 Å². The van der Waals surface area contributed by atoms with Gasteiger partial charge in [0.25, 0.3) is 0 Å². The molecule has 0 bridgehead atoms. The Labute approximate surface area is 185 Å². The molecule has 1 aromatic heterocycles. The van der Waals surface area contributed by atoms with Crippen molar-refractivity contribution in [2.24, 2.45) is 5.92 Å². The van der Waals surface area contributed by atoms with Crippen molar-refractivity contribution in [3.05, 3.63) is 64.0 Å². The fraction of sp³-hybridized carbons (Fsp3) is 0.318. The average molecular weight is 445 g/mol. The fourth-order valence-corrected chi connectivity index (χ4v) is 3.96. The zero-order valence-electron chi connectivity index (χ0n) is 16.6. The van der Waals surface area contributed by atoms with Crippen molar-refractivity contribution in [2.75, 3.05) is 18.4 Å². The number of carbonyl (C=O) groups is 1. The van der Waals surface area contributed by atoms with E-state index in [0.29, 0.717) is 34.0 Å². The van der Waals surface area contributed by atoms with Gasteiger partial charge in [-0.1, -0.05) is 52.6 Å². The summed E-state index contributed by atoms with van der Waals surface area (Å²) >= 11 is 12.1. The van der Waals surface area contributed by atoms with Crippen LogP contribution in [0.2, 0.25) is 10.0 Å². The van der Waals surface area contributed by atoms with Gasteiger partial charge in [-0.05, 0) is 56.6 Å². The van der Waals surface area contributed by atoms with E-state index in [2.05, 4.69) is 20.4 Å². The molecule has 1 saturated heterocycles. The first-order valence-electron chi connectivity index (χ1n) is 9.86. The van der Waals surface area contributed by atoms with Crippen LogP contribution in [0.5, 0.6) is 0 Å². The minimum absolute atomic E-state index is 0.0292. The van der Waals surface area contributed by atoms with E-state index in [0.717, 1.165) is 37.1 Å². The summed E-state index contributed by atoms with van der Waals surface area (Å²) < 4.78 is 5.45.